The van der Waals surface area contributed by atoms with Crippen molar-refractivity contribution in [1.82, 2.24) is 14.7 Å². The van der Waals surface area contributed by atoms with E-state index in [1.807, 2.05) is 49.7 Å². The Balaban J connectivity index is 2.15. The fourth-order valence-corrected chi connectivity index (χ4v) is 2.57. The number of carbonyl (C=O) groups excluding carboxylic acids is 1. The van der Waals surface area contributed by atoms with Crippen molar-refractivity contribution >= 4 is 5.91 Å². The van der Waals surface area contributed by atoms with Crippen LogP contribution in [0.3, 0.4) is 0 Å². The molecule has 1 amide bonds. The molecule has 0 saturated carbocycles. The molecular formula is C18H22N4O. The van der Waals surface area contributed by atoms with E-state index in [2.05, 4.69) is 11.2 Å². The molecule has 5 nitrogen and oxygen atoms in total. The maximum absolute atomic E-state index is 12.5. The third-order valence-electron chi connectivity index (χ3n) is 3.72. The predicted octanol–water partition coefficient (Wildman–Crippen LogP) is 2.78. The van der Waals surface area contributed by atoms with Gasteiger partial charge in [0.15, 0.2) is 0 Å². The van der Waals surface area contributed by atoms with E-state index in [0.29, 0.717) is 18.7 Å². The number of benzene rings is 1. The summed E-state index contributed by atoms with van der Waals surface area (Å²) in [5.74, 6) is -0.246. The third-order valence-corrected chi connectivity index (χ3v) is 3.72. The van der Waals surface area contributed by atoms with Gasteiger partial charge in [0.25, 0.3) is 5.91 Å². The topological polar surface area (TPSA) is 61.9 Å². The fraction of sp³-hybridized carbons (Fsp3) is 0.389. The van der Waals surface area contributed by atoms with Crippen molar-refractivity contribution in [2.75, 3.05) is 13.6 Å². The number of nitriles is 1. The van der Waals surface area contributed by atoms with E-state index in [0.717, 1.165) is 17.0 Å². The summed E-state index contributed by atoms with van der Waals surface area (Å²) in [7, 11) is 1.73. The number of rotatable bonds is 5. The normalized spacial score (nSPS) is 11.8. The molecule has 2 rings (SSSR count). The minimum absolute atomic E-state index is 0.0673. The van der Waals surface area contributed by atoms with Gasteiger partial charge < -0.3 is 4.90 Å². The van der Waals surface area contributed by atoms with E-state index in [4.69, 9.17) is 5.26 Å². The number of nitrogens with zero attached hydrogens (tertiary/aromatic N) is 4. The predicted molar refractivity (Wildman–Crippen MR) is 89.0 cm³/mol. The van der Waals surface area contributed by atoms with Crippen molar-refractivity contribution in [2.24, 2.45) is 5.92 Å². The molecule has 1 atom stereocenters. The molecule has 0 aliphatic rings. The van der Waals surface area contributed by atoms with Crippen molar-refractivity contribution in [3.8, 4) is 6.07 Å². The van der Waals surface area contributed by atoms with Gasteiger partial charge in [-0.15, -0.1) is 0 Å². The lowest BCUT2D eigenvalue weighted by molar-refractivity contribution is 0.0785. The van der Waals surface area contributed by atoms with Gasteiger partial charge in [0.2, 0.25) is 0 Å². The van der Waals surface area contributed by atoms with Gasteiger partial charge in [-0.05, 0) is 44.5 Å². The first-order valence-electron chi connectivity index (χ1n) is 7.65. The van der Waals surface area contributed by atoms with Crippen molar-refractivity contribution in [3.05, 3.63) is 52.8 Å². The molecule has 0 fully saturated rings. The van der Waals surface area contributed by atoms with Crippen LogP contribution in [0.2, 0.25) is 0 Å². The molecule has 23 heavy (non-hydrogen) atoms. The molecule has 2 aromatic rings. The zero-order valence-electron chi connectivity index (χ0n) is 14.1. The van der Waals surface area contributed by atoms with Crippen LogP contribution in [0.5, 0.6) is 0 Å². The standard InChI is InChI=1S/C18H22N4O/c1-13(10-19)11-21(4)18(23)17-7-5-6-16(9-17)12-22-15(3)8-14(2)20-22/h5-9,13H,11-12H2,1-4H3. The second-order valence-corrected chi connectivity index (χ2v) is 6.00. The molecule has 0 spiro atoms. The van der Waals surface area contributed by atoms with Crippen LogP contribution in [-0.4, -0.2) is 34.2 Å². The van der Waals surface area contributed by atoms with Crippen LogP contribution in [0.15, 0.2) is 30.3 Å². The lowest BCUT2D eigenvalue weighted by Crippen LogP contribution is -2.30. The van der Waals surface area contributed by atoms with E-state index in [1.165, 1.54) is 0 Å². The highest BCUT2D eigenvalue weighted by Crippen LogP contribution is 2.12. The molecule has 0 aliphatic heterocycles. The largest absolute Gasteiger partial charge is 0.340 e. The quantitative estimate of drug-likeness (QED) is 0.853. The molecule has 5 heteroatoms. The number of amides is 1. The molecule has 0 bridgehead atoms. The summed E-state index contributed by atoms with van der Waals surface area (Å²) in [6.45, 7) is 6.86. The highest BCUT2D eigenvalue weighted by atomic mass is 16.2. The lowest BCUT2D eigenvalue weighted by atomic mass is 10.1. The average molecular weight is 310 g/mol. The number of hydrogen-bond acceptors (Lipinski definition) is 3. The van der Waals surface area contributed by atoms with Crippen LogP contribution in [0.1, 0.15) is 34.2 Å². The summed E-state index contributed by atoms with van der Waals surface area (Å²) in [5.41, 5.74) is 3.75. The first-order valence-corrected chi connectivity index (χ1v) is 7.65. The van der Waals surface area contributed by atoms with Crippen LogP contribution < -0.4 is 0 Å². The molecule has 0 radical (unpaired) electrons. The molecule has 1 unspecified atom stereocenters. The molecule has 1 aromatic heterocycles. The first kappa shape index (κ1) is 16.8. The number of carbonyl (C=O) groups is 1. The first-order chi connectivity index (χ1) is 10.9. The Labute approximate surface area is 137 Å². The zero-order valence-corrected chi connectivity index (χ0v) is 14.1. The van der Waals surface area contributed by atoms with E-state index in [9.17, 15) is 4.79 Å². The smallest absolute Gasteiger partial charge is 0.253 e. The van der Waals surface area contributed by atoms with E-state index in [1.54, 1.807) is 18.0 Å². The van der Waals surface area contributed by atoms with Crippen molar-refractivity contribution < 1.29 is 4.79 Å². The molecular weight excluding hydrogens is 288 g/mol. The SMILES string of the molecule is Cc1cc(C)n(Cc2cccc(C(=O)N(C)CC(C)C#N)c2)n1. The maximum Gasteiger partial charge on any atom is 0.253 e. The summed E-state index contributed by atoms with van der Waals surface area (Å²) >= 11 is 0. The number of hydrogen-bond donors (Lipinski definition) is 0. The van der Waals surface area contributed by atoms with Crippen molar-refractivity contribution in [3.63, 3.8) is 0 Å². The van der Waals surface area contributed by atoms with Gasteiger partial charge in [-0.1, -0.05) is 12.1 Å². The maximum atomic E-state index is 12.5. The Morgan fingerprint density at radius 2 is 2.13 bits per heavy atom. The molecule has 0 aliphatic carbocycles. The van der Waals surface area contributed by atoms with E-state index < -0.39 is 0 Å². The van der Waals surface area contributed by atoms with Crippen LogP contribution in [0.4, 0.5) is 0 Å². The Bertz CT molecular complexity index is 742. The molecule has 120 valence electrons. The van der Waals surface area contributed by atoms with Gasteiger partial charge in [-0.3, -0.25) is 9.48 Å². The second kappa shape index (κ2) is 7.10. The average Bonchev–Trinajstić information content (AvgIpc) is 2.84. The lowest BCUT2D eigenvalue weighted by Gasteiger charge is -2.18. The Kier molecular flexibility index (Phi) is 5.17. The minimum Gasteiger partial charge on any atom is -0.340 e. The Hall–Kier alpha value is -2.61. The van der Waals surface area contributed by atoms with Gasteiger partial charge in [0.05, 0.1) is 24.2 Å². The van der Waals surface area contributed by atoms with Crippen LogP contribution in [0, 0.1) is 31.1 Å². The summed E-state index contributed by atoms with van der Waals surface area (Å²) in [5, 5.41) is 13.3. The van der Waals surface area contributed by atoms with Crippen LogP contribution in [0.25, 0.3) is 0 Å². The van der Waals surface area contributed by atoms with Crippen molar-refractivity contribution in [1.29, 1.82) is 5.26 Å². The van der Waals surface area contributed by atoms with Crippen LogP contribution >= 0.6 is 0 Å². The summed E-state index contributed by atoms with van der Waals surface area (Å²) in [6, 6.07) is 11.8. The summed E-state index contributed by atoms with van der Waals surface area (Å²) in [4.78, 5) is 14.1. The van der Waals surface area contributed by atoms with E-state index >= 15 is 0 Å². The minimum atomic E-state index is -0.179. The third kappa shape index (κ3) is 4.19. The van der Waals surface area contributed by atoms with Gasteiger partial charge in [0.1, 0.15) is 0 Å². The second-order valence-electron chi connectivity index (χ2n) is 6.00. The van der Waals surface area contributed by atoms with Gasteiger partial charge in [0, 0.05) is 24.8 Å². The van der Waals surface area contributed by atoms with Crippen LogP contribution in [-0.2, 0) is 6.54 Å². The molecule has 0 N–H and O–H groups in total. The summed E-state index contributed by atoms with van der Waals surface area (Å²) in [6.07, 6.45) is 0. The highest BCUT2D eigenvalue weighted by molar-refractivity contribution is 5.94. The van der Waals surface area contributed by atoms with Gasteiger partial charge in [-0.2, -0.15) is 10.4 Å². The fourth-order valence-electron chi connectivity index (χ4n) is 2.57. The van der Waals surface area contributed by atoms with Crippen molar-refractivity contribution in [2.45, 2.75) is 27.3 Å². The molecule has 1 heterocycles. The number of aryl methyl sites for hydroxylation is 2. The number of aromatic nitrogens is 2. The molecule has 0 saturated heterocycles. The Morgan fingerprint density at radius 1 is 1.39 bits per heavy atom. The monoisotopic (exact) mass is 310 g/mol. The van der Waals surface area contributed by atoms with Gasteiger partial charge in [-0.25, -0.2) is 0 Å². The zero-order chi connectivity index (χ0) is 17.0. The van der Waals surface area contributed by atoms with E-state index in [-0.39, 0.29) is 11.8 Å². The van der Waals surface area contributed by atoms with Gasteiger partial charge >= 0.3 is 0 Å². The summed E-state index contributed by atoms with van der Waals surface area (Å²) < 4.78 is 1.93. The highest BCUT2D eigenvalue weighted by Gasteiger charge is 2.14. The molecule has 1 aromatic carbocycles. The Morgan fingerprint density at radius 3 is 2.74 bits per heavy atom.